The minimum atomic E-state index is -0.824. The lowest BCUT2D eigenvalue weighted by atomic mass is 10.0. The van der Waals surface area contributed by atoms with Crippen LogP contribution in [0.15, 0.2) is 63.8 Å². The molecule has 1 aliphatic rings. The summed E-state index contributed by atoms with van der Waals surface area (Å²) in [6.45, 7) is 2.41. The van der Waals surface area contributed by atoms with Crippen LogP contribution in [0.4, 0.5) is 0 Å². The van der Waals surface area contributed by atoms with E-state index in [1.165, 1.54) is 0 Å². The van der Waals surface area contributed by atoms with Crippen LogP contribution < -0.4 is 0 Å². The molecular formula is C17H16ClN3O. The molecule has 3 rings (SSSR count). The molecule has 0 aromatic heterocycles. The topological polar surface area (TPSA) is 46.3 Å². The van der Waals surface area contributed by atoms with E-state index in [4.69, 9.17) is 21.3 Å². The minimum absolute atomic E-state index is 0.499. The number of fused-ring (bicyclic) bond motifs is 1. The van der Waals surface area contributed by atoms with Crippen LogP contribution in [-0.2, 0) is 17.0 Å². The van der Waals surface area contributed by atoms with Crippen molar-refractivity contribution in [3.63, 3.8) is 0 Å². The molecule has 2 aromatic carbocycles. The fourth-order valence-electron chi connectivity index (χ4n) is 2.48. The zero-order valence-electron chi connectivity index (χ0n) is 12.5. The molecule has 22 heavy (non-hydrogen) atoms. The predicted octanol–water partition coefficient (Wildman–Crippen LogP) is 4.57. The quantitative estimate of drug-likeness (QED) is 0.765. The summed E-state index contributed by atoms with van der Waals surface area (Å²) in [4.78, 5) is 4.73. The Morgan fingerprint density at radius 1 is 1.14 bits per heavy atom. The summed E-state index contributed by atoms with van der Waals surface area (Å²) in [6.07, 6.45) is 0. The highest BCUT2D eigenvalue weighted by Crippen LogP contribution is 2.31. The fourth-order valence-corrected chi connectivity index (χ4v) is 2.65. The van der Waals surface area contributed by atoms with E-state index in [9.17, 15) is 0 Å². The summed E-state index contributed by atoms with van der Waals surface area (Å²) in [5.41, 5.74) is 2.12. The fraction of sp³-hybridized carbons (Fsp3) is 0.235. The molecule has 5 heteroatoms. The van der Waals surface area contributed by atoms with Crippen LogP contribution in [0, 0.1) is 0 Å². The zero-order valence-corrected chi connectivity index (χ0v) is 13.2. The maximum Gasteiger partial charge on any atom is 0.219 e. The summed E-state index contributed by atoms with van der Waals surface area (Å²) < 4.78 is 5.73. The summed E-state index contributed by atoms with van der Waals surface area (Å²) >= 11 is 6.09. The van der Waals surface area contributed by atoms with Gasteiger partial charge < -0.3 is 4.74 Å². The number of nitrogens with zero attached hydrogens (tertiary/aromatic N) is 3. The van der Waals surface area contributed by atoms with Gasteiger partial charge in [-0.3, -0.25) is 0 Å². The predicted molar refractivity (Wildman–Crippen MR) is 87.4 cm³/mol. The van der Waals surface area contributed by atoms with E-state index in [-0.39, 0.29) is 0 Å². The van der Waals surface area contributed by atoms with Gasteiger partial charge in [0.15, 0.2) is 5.66 Å². The first-order chi connectivity index (χ1) is 10.6. The van der Waals surface area contributed by atoms with E-state index in [0.717, 1.165) is 16.7 Å². The molecule has 0 spiro atoms. The van der Waals surface area contributed by atoms with Crippen molar-refractivity contribution in [1.29, 1.82) is 0 Å². The monoisotopic (exact) mass is 313 g/mol. The first-order valence-electron chi connectivity index (χ1n) is 7.00. The van der Waals surface area contributed by atoms with Crippen LogP contribution in [0.25, 0.3) is 0 Å². The molecular weight excluding hydrogens is 298 g/mol. The number of azo groups is 1. The molecule has 0 amide bonds. The summed E-state index contributed by atoms with van der Waals surface area (Å²) in [5.74, 6) is 0.552. The lowest BCUT2D eigenvalue weighted by Crippen LogP contribution is -2.19. The van der Waals surface area contributed by atoms with Crippen LogP contribution in [-0.4, -0.2) is 12.9 Å². The number of hydrogen-bond acceptors (Lipinski definition) is 4. The van der Waals surface area contributed by atoms with Gasteiger partial charge in [-0.05, 0) is 19.1 Å². The summed E-state index contributed by atoms with van der Waals surface area (Å²) in [6, 6.07) is 15.5. The van der Waals surface area contributed by atoms with Crippen LogP contribution in [0.1, 0.15) is 23.6 Å². The highest BCUT2D eigenvalue weighted by Gasteiger charge is 2.29. The highest BCUT2D eigenvalue weighted by atomic mass is 35.5. The Balaban J connectivity index is 2.08. The van der Waals surface area contributed by atoms with Gasteiger partial charge in [0, 0.05) is 28.8 Å². The molecule has 112 valence electrons. The van der Waals surface area contributed by atoms with Gasteiger partial charge in [0.1, 0.15) is 6.61 Å². The Labute approximate surface area is 134 Å². The molecule has 0 bridgehead atoms. The summed E-state index contributed by atoms with van der Waals surface area (Å²) in [7, 11) is 1.64. The number of halogens is 1. The van der Waals surface area contributed by atoms with Gasteiger partial charge in [0.2, 0.25) is 5.90 Å². The number of aliphatic imine (C=N–C) groups is 1. The lowest BCUT2D eigenvalue weighted by molar-refractivity contribution is 0.304. The molecule has 0 saturated heterocycles. The van der Waals surface area contributed by atoms with E-state index in [1.807, 2.05) is 55.5 Å². The second-order valence-electron chi connectivity index (χ2n) is 5.19. The first kappa shape index (κ1) is 14.7. The Bertz CT molecular complexity index is 743. The van der Waals surface area contributed by atoms with E-state index in [1.54, 1.807) is 7.05 Å². The van der Waals surface area contributed by atoms with Gasteiger partial charge in [0.25, 0.3) is 0 Å². The smallest absolute Gasteiger partial charge is 0.219 e. The number of benzene rings is 2. The number of rotatable bonds is 3. The molecule has 0 N–H and O–H groups in total. The number of ether oxygens (including phenoxy) is 1. The summed E-state index contributed by atoms with van der Waals surface area (Å²) in [5, 5.41) is 8.91. The van der Waals surface area contributed by atoms with Crippen molar-refractivity contribution in [1.82, 2.24) is 0 Å². The van der Waals surface area contributed by atoms with Gasteiger partial charge in [-0.2, -0.15) is 10.2 Å². The van der Waals surface area contributed by atoms with E-state index in [2.05, 4.69) is 10.2 Å². The van der Waals surface area contributed by atoms with Gasteiger partial charge >= 0.3 is 0 Å². The van der Waals surface area contributed by atoms with E-state index in [0.29, 0.717) is 17.5 Å². The standard InChI is InChI=1S/C17H16ClN3O/c1-17(21-19-2,13-6-4-3-5-7-13)20-16-15-10-14(18)9-8-12(15)11-22-16/h3-10H,11H2,1-2H3/b20-16-,21-19?. The van der Waals surface area contributed by atoms with Crippen molar-refractivity contribution in [2.24, 2.45) is 15.2 Å². The van der Waals surface area contributed by atoms with Crippen LogP contribution in [0.2, 0.25) is 5.02 Å². The Morgan fingerprint density at radius 3 is 2.64 bits per heavy atom. The van der Waals surface area contributed by atoms with Crippen LogP contribution in [0.5, 0.6) is 0 Å². The van der Waals surface area contributed by atoms with Gasteiger partial charge in [-0.1, -0.05) is 48.0 Å². The second kappa shape index (κ2) is 5.89. The second-order valence-corrected chi connectivity index (χ2v) is 5.63. The average Bonchev–Trinajstić information content (AvgIpc) is 2.90. The molecule has 1 heterocycles. The molecule has 4 nitrogen and oxygen atoms in total. The Morgan fingerprint density at radius 2 is 1.91 bits per heavy atom. The van der Waals surface area contributed by atoms with Gasteiger partial charge in [-0.15, -0.1) is 0 Å². The van der Waals surface area contributed by atoms with Crippen molar-refractivity contribution in [2.45, 2.75) is 19.2 Å². The molecule has 0 radical (unpaired) electrons. The van der Waals surface area contributed by atoms with E-state index < -0.39 is 5.66 Å². The Hall–Kier alpha value is -2.20. The minimum Gasteiger partial charge on any atom is -0.473 e. The van der Waals surface area contributed by atoms with Gasteiger partial charge in [0.05, 0.1) is 0 Å². The van der Waals surface area contributed by atoms with Crippen molar-refractivity contribution in [3.8, 4) is 0 Å². The third-order valence-electron chi connectivity index (χ3n) is 3.60. The third-order valence-corrected chi connectivity index (χ3v) is 3.84. The third kappa shape index (κ3) is 2.74. The Kier molecular flexibility index (Phi) is 3.94. The molecule has 1 atom stereocenters. The molecule has 0 saturated carbocycles. The maximum atomic E-state index is 6.09. The zero-order chi connectivity index (χ0) is 15.6. The number of hydrogen-bond donors (Lipinski definition) is 0. The van der Waals surface area contributed by atoms with Crippen molar-refractivity contribution < 1.29 is 4.74 Å². The SMILES string of the molecule is CN=NC(C)(/N=C1\OCc2ccc(Cl)cc21)c1ccccc1. The molecule has 0 aliphatic carbocycles. The lowest BCUT2D eigenvalue weighted by Gasteiger charge is -2.20. The van der Waals surface area contributed by atoms with Crippen molar-refractivity contribution in [3.05, 3.63) is 70.2 Å². The highest BCUT2D eigenvalue weighted by molar-refractivity contribution is 6.31. The van der Waals surface area contributed by atoms with Crippen molar-refractivity contribution >= 4 is 17.5 Å². The van der Waals surface area contributed by atoms with E-state index >= 15 is 0 Å². The molecule has 1 unspecified atom stereocenters. The largest absolute Gasteiger partial charge is 0.473 e. The first-order valence-corrected chi connectivity index (χ1v) is 7.38. The molecule has 2 aromatic rings. The van der Waals surface area contributed by atoms with Crippen LogP contribution in [0.3, 0.4) is 0 Å². The normalized spacial score (nSPS) is 18.2. The molecule has 1 aliphatic heterocycles. The maximum absolute atomic E-state index is 6.09. The van der Waals surface area contributed by atoms with Crippen LogP contribution >= 0.6 is 11.6 Å². The van der Waals surface area contributed by atoms with Crippen molar-refractivity contribution in [2.75, 3.05) is 7.05 Å². The average molecular weight is 314 g/mol. The van der Waals surface area contributed by atoms with Gasteiger partial charge in [-0.25, -0.2) is 4.99 Å². The molecule has 0 fully saturated rings.